The molecule has 0 spiro atoms. The van der Waals surface area contributed by atoms with Crippen LogP contribution in [0.4, 0.5) is 13.2 Å². The molecule has 2 aromatic rings. The van der Waals surface area contributed by atoms with Gasteiger partial charge in [-0.1, -0.05) is 18.2 Å². The Hall–Kier alpha value is -2.83. The van der Waals surface area contributed by atoms with Gasteiger partial charge < -0.3 is 10.1 Å². The van der Waals surface area contributed by atoms with E-state index >= 15 is 0 Å². The van der Waals surface area contributed by atoms with Crippen molar-refractivity contribution in [2.75, 3.05) is 7.11 Å². The second-order valence-electron chi connectivity index (χ2n) is 5.39. The van der Waals surface area contributed by atoms with Crippen molar-refractivity contribution in [2.24, 2.45) is 0 Å². The van der Waals surface area contributed by atoms with Crippen LogP contribution in [0.5, 0.6) is 0 Å². The summed E-state index contributed by atoms with van der Waals surface area (Å²) in [6.07, 6.45) is -0.356. The molecule has 0 saturated heterocycles. The molecule has 1 atom stereocenters. The third-order valence-corrected chi connectivity index (χ3v) is 3.52. The van der Waals surface area contributed by atoms with Gasteiger partial charge in [-0.2, -0.15) is 0 Å². The van der Waals surface area contributed by atoms with E-state index in [1.54, 1.807) is 6.07 Å². The van der Waals surface area contributed by atoms with Gasteiger partial charge in [0.05, 0.1) is 13.5 Å². The number of methoxy groups -OCH3 is 1. The van der Waals surface area contributed by atoms with Crippen LogP contribution in [0.1, 0.15) is 11.1 Å². The average molecular weight is 351 g/mol. The zero-order chi connectivity index (χ0) is 18.4. The van der Waals surface area contributed by atoms with Crippen LogP contribution in [-0.4, -0.2) is 25.0 Å². The van der Waals surface area contributed by atoms with Gasteiger partial charge in [0.1, 0.15) is 23.5 Å². The molecular weight excluding hydrogens is 335 g/mol. The lowest BCUT2D eigenvalue weighted by Crippen LogP contribution is -2.43. The zero-order valence-corrected chi connectivity index (χ0v) is 13.4. The van der Waals surface area contributed by atoms with Gasteiger partial charge in [-0.05, 0) is 29.3 Å². The Bertz CT molecular complexity index is 780. The van der Waals surface area contributed by atoms with Crippen molar-refractivity contribution in [3.63, 3.8) is 0 Å². The zero-order valence-electron chi connectivity index (χ0n) is 13.4. The van der Waals surface area contributed by atoms with Crippen molar-refractivity contribution >= 4 is 11.9 Å². The second-order valence-corrected chi connectivity index (χ2v) is 5.39. The minimum Gasteiger partial charge on any atom is -0.467 e. The number of amides is 1. The highest BCUT2D eigenvalue weighted by Gasteiger charge is 2.22. The Morgan fingerprint density at radius 1 is 1.08 bits per heavy atom. The van der Waals surface area contributed by atoms with Crippen LogP contribution in [0.3, 0.4) is 0 Å². The summed E-state index contributed by atoms with van der Waals surface area (Å²) in [6.45, 7) is 0. The van der Waals surface area contributed by atoms with Crippen molar-refractivity contribution in [3.8, 4) is 0 Å². The van der Waals surface area contributed by atoms with E-state index in [9.17, 15) is 22.8 Å². The Balaban J connectivity index is 2.08. The summed E-state index contributed by atoms with van der Waals surface area (Å²) >= 11 is 0. The number of halogens is 3. The van der Waals surface area contributed by atoms with E-state index in [1.807, 2.05) is 0 Å². The van der Waals surface area contributed by atoms with Crippen LogP contribution < -0.4 is 5.32 Å². The summed E-state index contributed by atoms with van der Waals surface area (Å²) in [6, 6.07) is 7.39. The molecule has 25 heavy (non-hydrogen) atoms. The lowest BCUT2D eigenvalue weighted by Gasteiger charge is -2.17. The van der Waals surface area contributed by atoms with Crippen molar-refractivity contribution in [2.45, 2.75) is 18.9 Å². The first-order valence-corrected chi connectivity index (χ1v) is 7.44. The minimum atomic E-state index is -1.05. The maximum Gasteiger partial charge on any atom is 0.328 e. The summed E-state index contributed by atoms with van der Waals surface area (Å²) in [4.78, 5) is 23.9. The van der Waals surface area contributed by atoms with Crippen molar-refractivity contribution in [3.05, 3.63) is 71.0 Å². The Labute approximate surface area is 142 Å². The van der Waals surface area contributed by atoms with E-state index in [4.69, 9.17) is 0 Å². The van der Waals surface area contributed by atoms with Crippen LogP contribution in [-0.2, 0) is 27.2 Å². The number of hydrogen-bond donors (Lipinski definition) is 1. The van der Waals surface area contributed by atoms with Gasteiger partial charge in [-0.3, -0.25) is 4.79 Å². The summed E-state index contributed by atoms with van der Waals surface area (Å²) in [5.74, 6) is -3.43. The highest BCUT2D eigenvalue weighted by atomic mass is 19.1. The average Bonchev–Trinajstić information content (AvgIpc) is 2.56. The fourth-order valence-electron chi connectivity index (χ4n) is 2.32. The molecule has 0 heterocycles. The van der Waals surface area contributed by atoms with E-state index in [2.05, 4.69) is 10.1 Å². The number of esters is 1. The maximum absolute atomic E-state index is 13.6. The van der Waals surface area contributed by atoms with E-state index in [-0.39, 0.29) is 18.4 Å². The highest BCUT2D eigenvalue weighted by Crippen LogP contribution is 2.11. The first kappa shape index (κ1) is 18.5. The topological polar surface area (TPSA) is 55.4 Å². The molecule has 0 radical (unpaired) electrons. The van der Waals surface area contributed by atoms with E-state index in [0.29, 0.717) is 11.6 Å². The monoisotopic (exact) mass is 351 g/mol. The van der Waals surface area contributed by atoms with Crippen LogP contribution >= 0.6 is 0 Å². The molecule has 4 nitrogen and oxygen atoms in total. The SMILES string of the molecule is COC(=O)[C@H](Cc1cccc(F)c1)NC(=O)Cc1ccc(F)cc1F. The number of carbonyl (C=O) groups is 2. The predicted molar refractivity (Wildman–Crippen MR) is 84.1 cm³/mol. The van der Waals surface area contributed by atoms with E-state index in [0.717, 1.165) is 19.2 Å². The molecule has 0 unspecified atom stereocenters. The largest absolute Gasteiger partial charge is 0.467 e. The number of rotatable bonds is 6. The van der Waals surface area contributed by atoms with Gasteiger partial charge >= 0.3 is 5.97 Å². The molecule has 132 valence electrons. The van der Waals surface area contributed by atoms with Crippen molar-refractivity contribution < 1.29 is 27.5 Å². The molecule has 1 N–H and O–H groups in total. The molecule has 7 heteroatoms. The number of carbonyl (C=O) groups excluding carboxylic acids is 2. The number of hydrogen-bond acceptors (Lipinski definition) is 3. The summed E-state index contributed by atoms with van der Waals surface area (Å²) in [5, 5.41) is 2.43. The van der Waals surface area contributed by atoms with Crippen LogP contribution in [0.25, 0.3) is 0 Å². The van der Waals surface area contributed by atoms with Gasteiger partial charge in [0, 0.05) is 12.5 Å². The molecule has 0 aliphatic carbocycles. The molecule has 0 saturated carbocycles. The second kappa shape index (κ2) is 8.32. The molecule has 2 aromatic carbocycles. The molecule has 0 aliphatic rings. The van der Waals surface area contributed by atoms with Gasteiger partial charge in [-0.15, -0.1) is 0 Å². The Kier molecular flexibility index (Phi) is 6.16. The first-order valence-electron chi connectivity index (χ1n) is 7.44. The van der Waals surface area contributed by atoms with Crippen LogP contribution in [0.2, 0.25) is 0 Å². The van der Waals surface area contributed by atoms with Gasteiger partial charge in [0.2, 0.25) is 5.91 Å². The lowest BCUT2D eigenvalue weighted by molar-refractivity contribution is -0.145. The van der Waals surface area contributed by atoms with E-state index < -0.39 is 35.4 Å². The molecule has 0 fully saturated rings. The Morgan fingerprint density at radius 3 is 2.44 bits per heavy atom. The van der Waals surface area contributed by atoms with Crippen LogP contribution in [0.15, 0.2) is 42.5 Å². The van der Waals surface area contributed by atoms with Crippen molar-refractivity contribution in [1.82, 2.24) is 5.32 Å². The molecule has 0 aliphatic heterocycles. The van der Waals surface area contributed by atoms with E-state index in [1.165, 1.54) is 18.2 Å². The molecule has 0 aromatic heterocycles. The molecule has 2 rings (SSSR count). The summed E-state index contributed by atoms with van der Waals surface area (Å²) in [7, 11) is 1.16. The number of nitrogens with one attached hydrogen (secondary N) is 1. The molecule has 0 bridgehead atoms. The standard InChI is InChI=1S/C18H16F3NO3/c1-25-18(24)16(8-11-3-2-4-13(19)7-11)22-17(23)9-12-5-6-14(20)10-15(12)21/h2-7,10,16H,8-9H2,1H3,(H,22,23)/t16-/m0/s1. The van der Waals surface area contributed by atoms with Gasteiger partial charge in [0.25, 0.3) is 0 Å². The highest BCUT2D eigenvalue weighted by molar-refractivity contribution is 5.85. The molecular formula is C18H16F3NO3. The Morgan fingerprint density at radius 2 is 1.80 bits per heavy atom. The normalized spacial score (nSPS) is 11.7. The lowest BCUT2D eigenvalue weighted by atomic mass is 10.0. The summed E-state index contributed by atoms with van der Waals surface area (Å²) < 4.78 is 44.4. The smallest absolute Gasteiger partial charge is 0.328 e. The third-order valence-electron chi connectivity index (χ3n) is 3.52. The predicted octanol–water partition coefficient (Wildman–Crippen LogP) is 2.55. The summed E-state index contributed by atoms with van der Waals surface area (Å²) in [5.41, 5.74) is 0.483. The van der Waals surface area contributed by atoms with Crippen molar-refractivity contribution in [1.29, 1.82) is 0 Å². The number of benzene rings is 2. The fourth-order valence-corrected chi connectivity index (χ4v) is 2.32. The first-order chi connectivity index (χ1) is 11.9. The maximum atomic E-state index is 13.6. The van der Waals surface area contributed by atoms with Gasteiger partial charge in [0.15, 0.2) is 0 Å². The fraction of sp³-hybridized carbons (Fsp3) is 0.222. The molecule has 1 amide bonds. The number of ether oxygens (including phenoxy) is 1. The third kappa shape index (κ3) is 5.34. The van der Waals surface area contributed by atoms with Gasteiger partial charge in [-0.25, -0.2) is 18.0 Å². The quantitative estimate of drug-likeness (QED) is 0.814. The minimum absolute atomic E-state index is 0.00623. The van der Waals surface area contributed by atoms with Crippen LogP contribution in [0, 0.1) is 17.5 Å².